The Kier molecular flexibility index (Phi) is 6.10. The summed E-state index contributed by atoms with van der Waals surface area (Å²) < 4.78 is 11.1. The van der Waals surface area contributed by atoms with Crippen LogP contribution in [0.25, 0.3) is 0 Å². The van der Waals surface area contributed by atoms with Crippen LogP contribution < -0.4 is 15.0 Å². The molecule has 0 radical (unpaired) electrons. The Balaban J connectivity index is 1.45. The maximum atomic E-state index is 5.66. The van der Waals surface area contributed by atoms with E-state index in [0.717, 1.165) is 64.0 Å². The van der Waals surface area contributed by atoms with Crippen molar-refractivity contribution in [2.75, 3.05) is 57.9 Å². The van der Waals surface area contributed by atoms with E-state index in [4.69, 9.17) is 14.5 Å². The monoisotopic (exact) mass is 382 g/mol. The van der Waals surface area contributed by atoms with Gasteiger partial charge >= 0.3 is 0 Å². The Labute approximate surface area is 167 Å². The fourth-order valence-electron chi connectivity index (χ4n) is 4.13. The van der Waals surface area contributed by atoms with E-state index in [-0.39, 0.29) is 0 Å². The number of anilines is 1. The van der Waals surface area contributed by atoms with Crippen molar-refractivity contribution in [1.82, 2.24) is 15.2 Å². The summed E-state index contributed by atoms with van der Waals surface area (Å²) in [6.45, 7) is 9.31. The third-order valence-electron chi connectivity index (χ3n) is 5.65. The Bertz CT molecular complexity index is 792. The fourth-order valence-corrected chi connectivity index (χ4v) is 4.13. The molecule has 6 heteroatoms. The molecular formula is C22H30N4O2. The van der Waals surface area contributed by atoms with E-state index >= 15 is 0 Å². The molecule has 6 nitrogen and oxygen atoms in total. The number of nitrogens with one attached hydrogen (secondary N) is 1. The second-order valence-electron chi connectivity index (χ2n) is 7.57. The third kappa shape index (κ3) is 4.29. The summed E-state index contributed by atoms with van der Waals surface area (Å²) in [6.07, 6.45) is 2.00. The van der Waals surface area contributed by atoms with Crippen LogP contribution in [0.1, 0.15) is 22.7 Å². The first-order valence-corrected chi connectivity index (χ1v) is 10.1. The average Bonchev–Trinajstić information content (AvgIpc) is 2.75. The van der Waals surface area contributed by atoms with Gasteiger partial charge in [0.05, 0.1) is 20.3 Å². The van der Waals surface area contributed by atoms with Gasteiger partial charge in [0.2, 0.25) is 0 Å². The van der Waals surface area contributed by atoms with Crippen molar-refractivity contribution in [3.05, 3.63) is 53.2 Å². The summed E-state index contributed by atoms with van der Waals surface area (Å²) in [6, 6.07) is 11.2. The van der Waals surface area contributed by atoms with Gasteiger partial charge in [0.25, 0.3) is 0 Å². The number of nitrogens with zero attached hydrogens (tertiary/aromatic N) is 3. The van der Waals surface area contributed by atoms with E-state index in [9.17, 15) is 0 Å². The van der Waals surface area contributed by atoms with Crippen LogP contribution in [0, 0.1) is 6.92 Å². The van der Waals surface area contributed by atoms with E-state index in [1.165, 1.54) is 16.7 Å². The van der Waals surface area contributed by atoms with Crippen molar-refractivity contribution in [2.24, 2.45) is 0 Å². The summed E-state index contributed by atoms with van der Waals surface area (Å²) >= 11 is 0. The Morgan fingerprint density at radius 1 is 1.21 bits per heavy atom. The SMILES string of the molecule is COc1cc(CN2CCNC(c3ccccc3C)C2)cnc1N1CCOCC1. The number of piperazine rings is 1. The van der Waals surface area contributed by atoms with Crippen LogP contribution in [0.15, 0.2) is 36.5 Å². The Hall–Kier alpha value is -2.15. The molecule has 1 unspecified atom stereocenters. The standard InChI is InChI=1S/C22H30N4O2/c1-17-5-3-4-6-19(17)20-16-25(8-7-23-20)15-18-13-21(27-2)22(24-14-18)26-9-11-28-12-10-26/h3-6,13-14,20,23H,7-12,15-16H2,1-2H3. The highest BCUT2D eigenvalue weighted by atomic mass is 16.5. The molecule has 2 aromatic rings. The topological polar surface area (TPSA) is 49.9 Å². The van der Waals surface area contributed by atoms with Crippen molar-refractivity contribution in [3.8, 4) is 5.75 Å². The van der Waals surface area contributed by atoms with Crippen LogP contribution >= 0.6 is 0 Å². The molecule has 2 saturated heterocycles. The molecule has 150 valence electrons. The first kappa shape index (κ1) is 19.2. The van der Waals surface area contributed by atoms with Crippen LogP contribution in [0.2, 0.25) is 0 Å². The zero-order valence-electron chi connectivity index (χ0n) is 16.9. The zero-order chi connectivity index (χ0) is 19.3. The lowest BCUT2D eigenvalue weighted by atomic mass is 9.99. The largest absolute Gasteiger partial charge is 0.493 e. The van der Waals surface area contributed by atoms with E-state index < -0.39 is 0 Å². The smallest absolute Gasteiger partial charge is 0.171 e. The number of rotatable bonds is 5. The summed E-state index contributed by atoms with van der Waals surface area (Å²) in [4.78, 5) is 9.47. The lowest BCUT2D eigenvalue weighted by Gasteiger charge is -2.35. The summed E-state index contributed by atoms with van der Waals surface area (Å²) in [5.41, 5.74) is 3.94. The predicted molar refractivity (Wildman–Crippen MR) is 111 cm³/mol. The van der Waals surface area contributed by atoms with Gasteiger partial charge in [-0.05, 0) is 29.7 Å². The van der Waals surface area contributed by atoms with Crippen molar-refractivity contribution >= 4 is 5.82 Å². The Morgan fingerprint density at radius 3 is 2.82 bits per heavy atom. The second kappa shape index (κ2) is 8.90. The maximum absolute atomic E-state index is 5.66. The van der Waals surface area contributed by atoms with Crippen LogP contribution in [-0.2, 0) is 11.3 Å². The number of pyridine rings is 1. The highest BCUT2D eigenvalue weighted by Crippen LogP contribution is 2.28. The summed E-state index contributed by atoms with van der Waals surface area (Å²) in [5.74, 6) is 1.78. The van der Waals surface area contributed by atoms with Gasteiger partial charge in [0.15, 0.2) is 11.6 Å². The molecule has 1 aromatic heterocycles. The van der Waals surface area contributed by atoms with Gasteiger partial charge in [-0.3, -0.25) is 4.90 Å². The lowest BCUT2D eigenvalue weighted by molar-refractivity contribution is 0.122. The molecule has 1 aromatic carbocycles. The molecule has 0 aliphatic carbocycles. The number of hydrogen-bond donors (Lipinski definition) is 1. The van der Waals surface area contributed by atoms with E-state index in [0.29, 0.717) is 6.04 Å². The molecule has 0 saturated carbocycles. The van der Waals surface area contributed by atoms with Crippen molar-refractivity contribution in [3.63, 3.8) is 0 Å². The molecule has 0 amide bonds. The fraction of sp³-hybridized carbons (Fsp3) is 0.500. The lowest BCUT2D eigenvalue weighted by Crippen LogP contribution is -2.45. The van der Waals surface area contributed by atoms with Gasteiger partial charge in [0.1, 0.15) is 0 Å². The quantitative estimate of drug-likeness (QED) is 0.857. The first-order valence-electron chi connectivity index (χ1n) is 10.1. The molecule has 2 aliphatic heterocycles. The van der Waals surface area contributed by atoms with E-state index in [1.54, 1.807) is 7.11 Å². The maximum Gasteiger partial charge on any atom is 0.171 e. The molecular weight excluding hydrogens is 352 g/mol. The van der Waals surface area contributed by atoms with Crippen molar-refractivity contribution in [1.29, 1.82) is 0 Å². The van der Waals surface area contributed by atoms with Crippen LogP contribution in [0.4, 0.5) is 5.82 Å². The zero-order valence-corrected chi connectivity index (χ0v) is 16.9. The minimum Gasteiger partial charge on any atom is -0.493 e. The minimum absolute atomic E-state index is 0.373. The molecule has 0 spiro atoms. The highest BCUT2D eigenvalue weighted by molar-refractivity contribution is 5.53. The number of aromatic nitrogens is 1. The number of aryl methyl sites for hydroxylation is 1. The molecule has 3 heterocycles. The van der Waals surface area contributed by atoms with Gasteiger partial charge in [0, 0.05) is 51.5 Å². The average molecular weight is 383 g/mol. The third-order valence-corrected chi connectivity index (χ3v) is 5.65. The number of morpholine rings is 1. The molecule has 4 rings (SSSR count). The van der Waals surface area contributed by atoms with E-state index in [2.05, 4.69) is 52.4 Å². The summed E-state index contributed by atoms with van der Waals surface area (Å²) in [5, 5.41) is 3.67. The normalized spacial score (nSPS) is 20.9. The Morgan fingerprint density at radius 2 is 2.04 bits per heavy atom. The molecule has 1 N–H and O–H groups in total. The number of hydrogen-bond acceptors (Lipinski definition) is 6. The van der Waals surface area contributed by atoms with Gasteiger partial charge in [-0.25, -0.2) is 4.98 Å². The second-order valence-corrected chi connectivity index (χ2v) is 7.57. The van der Waals surface area contributed by atoms with Crippen LogP contribution in [-0.4, -0.2) is 62.9 Å². The molecule has 28 heavy (non-hydrogen) atoms. The summed E-state index contributed by atoms with van der Waals surface area (Å²) in [7, 11) is 1.73. The predicted octanol–water partition coefficient (Wildman–Crippen LogP) is 2.38. The molecule has 2 fully saturated rings. The van der Waals surface area contributed by atoms with Gasteiger partial charge in [-0.1, -0.05) is 24.3 Å². The van der Waals surface area contributed by atoms with Crippen LogP contribution in [0.3, 0.4) is 0 Å². The number of benzene rings is 1. The van der Waals surface area contributed by atoms with Crippen molar-refractivity contribution < 1.29 is 9.47 Å². The molecule has 2 aliphatic rings. The van der Waals surface area contributed by atoms with Gasteiger partial charge in [-0.2, -0.15) is 0 Å². The first-order chi connectivity index (χ1) is 13.7. The van der Waals surface area contributed by atoms with Crippen LogP contribution in [0.5, 0.6) is 5.75 Å². The number of methoxy groups -OCH3 is 1. The molecule has 0 bridgehead atoms. The minimum atomic E-state index is 0.373. The van der Waals surface area contributed by atoms with Gasteiger partial charge in [-0.15, -0.1) is 0 Å². The van der Waals surface area contributed by atoms with Crippen molar-refractivity contribution in [2.45, 2.75) is 19.5 Å². The highest BCUT2D eigenvalue weighted by Gasteiger charge is 2.23. The van der Waals surface area contributed by atoms with E-state index in [1.807, 2.05) is 6.20 Å². The van der Waals surface area contributed by atoms with Gasteiger partial charge < -0.3 is 19.7 Å². The number of ether oxygens (including phenoxy) is 2. The molecule has 1 atom stereocenters.